The van der Waals surface area contributed by atoms with Crippen LogP contribution in [0.15, 0.2) is 59.6 Å². The van der Waals surface area contributed by atoms with E-state index in [1.807, 2.05) is 37.3 Å². The van der Waals surface area contributed by atoms with Gasteiger partial charge in [0.1, 0.15) is 0 Å². The molecule has 1 fully saturated rings. The summed E-state index contributed by atoms with van der Waals surface area (Å²) in [5.41, 5.74) is 11.5. The van der Waals surface area contributed by atoms with E-state index in [-0.39, 0.29) is 0 Å². The fourth-order valence-electron chi connectivity index (χ4n) is 4.49. The van der Waals surface area contributed by atoms with Crippen molar-refractivity contribution in [3.05, 3.63) is 60.3 Å². The monoisotopic (exact) mass is 398 g/mol. The van der Waals surface area contributed by atoms with Gasteiger partial charge in [-0.15, -0.1) is 0 Å². The van der Waals surface area contributed by atoms with Gasteiger partial charge in [-0.25, -0.2) is 4.98 Å². The molecule has 1 aliphatic carbocycles. The molecule has 2 aromatic heterocycles. The number of imidazole rings is 1. The molecule has 2 heterocycles. The number of nitrogens with zero attached hydrogens (tertiary/aromatic N) is 4. The zero-order valence-corrected chi connectivity index (χ0v) is 17.2. The fourth-order valence-corrected chi connectivity index (χ4v) is 4.49. The van der Waals surface area contributed by atoms with E-state index in [0.29, 0.717) is 17.9 Å². The summed E-state index contributed by atoms with van der Waals surface area (Å²) in [6.45, 7) is 2.03. The summed E-state index contributed by atoms with van der Waals surface area (Å²) in [6, 6.07) is 18.6. The maximum absolute atomic E-state index is 6.67. The molecule has 0 unspecified atom stereocenters. The fraction of sp³-hybridized carbons (Fsp3) is 0.292. The molecule has 0 amide bonds. The van der Waals surface area contributed by atoms with E-state index in [1.54, 1.807) is 0 Å². The first-order chi connectivity index (χ1) is 14.7. The van der Waals surface area contributed by atoms with E-state index < -0.39 is 0 Å². The van der Waals surface area contributed by atoms with Gasteiger partial charge in [-0.2, -0.15) is 4.99 Å². The predicted molar refractivity (Wildman–Crippen MR) is 123 cm³/mol. The molecule has 0 saturated heterocycles. The number of aryl methyl sites for hydroxylation is 1. The van der Waals surface area contributed by atoms with E-state index in [1.165, 1.54) is 19.3 Å². The van der Waals surface area contributed by atoms with Crippen LogP contribution in [0.25, 0.3) is 21.9 Å². The first-order valence-corrected chi connectivity index (χ1v) is 10.6. The van der Waals surface area contributed by atoms with Crippen LogP contribution in [0.4, 0.5) is 11.6 Å². The molecule has 152 valence electrons. The number of guanidine groups is 1. The van der Waals surface area contributed by atoms with Crippen molar-refractivity contribution in [2.24, 2.45) is 10.7 Å². The summed E-state index contributed by atoms with van der Waals surface area (Å²) < 4.78 is 0. The minimum absolute atomic E-state index is 0.317. The molecular weight excluding hydrogens is 372 g/mol. The van der Waals surface area contributed by atoms with Crippen LogP contribution in [0.5, 0.6) is 0 Å². The first-order valence-electron chi connectivity index (χ1n) is 10.6. The van der Waals surface area contributed by atoms with E-state index >= 15 is 0 Å². The van der Waals surface area contributed by atoms with Crippen molar-refractivity contribution in [2.75, 3.05) is 4.90 Å². The zero-order chi connectivity index (χ0) is 20.5. The minimum atomic E-state index is 0.317. The summed E-state index contributed by atoms with van der Waals surface area (Å²) in [4.78, 5) is 19.5. The second kappa shape index (κ2) is 7.78. The lowest BCUT2D eigenvalue weighted by Gasteiger charge is -2.35. The van der Waals surface area contributed by atoms with Gasteiger partial charge >= 0.3 is 0 Å². The van der Waals surface area contributed by atoms with Gasteiger partial charge in [-0.05, 0) is 44.0 Å². The number of H-pyrrole nitrogens is 1. The van der Waals surface area contributed by atoms with Gasteiger partial charge in [0, 0.05) is 17.1 Å². The number of aromatic nitrogens is 3. The van der Waals surface area contributed by atoms with Gasteiger partial charge in [-0.1, -0.05) is 49.6 Å². The number of fused-ring (bicyclic) bond motifs is 2. The molecule has 0 radical (unpaired) electrons. The molecule has 4 aromatic rings. The Bertz CT molecular complexity index is 1190. The van der Waals surface area contributed by atoms with Crippen LogP contribution in [0.2, 0.25) is 0 Å². The highest BCUT2D eigenvalue weighted by Gasteiger charge is 2.26. The van der Waals surface area contributed by atoms with Crippen molar-refractivity contribution in [3.63, 3.8) is 0 Å². The van der Waals surface area contributed by atoms with Gasteiger partial charge < -0.3 is 15.6 Å². The van der Waals surface area contributed by atoms with Gasteiger partial charge in [0.15, 0.2) is 0 Å². The molecule has 6 nitrogen and oxygen atoms in total. The largest absolute Gasteiger partial charge is 0.369 e. The van der Waals surface area contributed by atoms with Crippen LogP contribution in [-0.4, -0.2) is 27.0 Å². The quantitative estimate of drug-likeness (QED) is 0.367. The Kier molecular flexibility index (Phi) is 4.83. The highest BCUT2D eigenvalue weighted by atomic mass is 15.3. The molecule has 1 aliphatic rings. The third kappa shape index (κ3) is 3.49. The first kappa shape index (κ1) is 18.6. The number of aliphatic imine (C=N–C) groups is 1. The molecule has 30 heavy (non-hydrogen) atoms. The number of benzene rings is 2. The Balaban J connectivity index is 1.64. The normalized spacial score (nSPS) is 15.7. The average Bonchev–Trinajstić information content (AvgIpc) is 3.17. The van der Waals surface area contributed by atoms with Gasteiger partial charge in [0.25, 0.3) is 0 Å². The lowest BCUT2D eigenvalue weighted by molar-refractivity contribution is 0.440. The molecule has 0 spiro atoms. The molecule has 0 aliphatic heterocycles. The van der Waals surface area contributed by atoms with Crippen molar-refractivity contribution in [1.29, 1.82) is 0 Å². The summed E-state index contributed by atoms with van der Waals surface area (Å²) in [5.74, 6) is 1.00. The number of rotatable bonds is 3. The molecule has 5 rings (SSSR count). The molecule has 3 N–H and O–H groups in total. The second-order valence-electron chi connectivity index (χ2n) is 8.01. The average molecular weight is 399 g/mol. The van der Waals surface area contributed by atoms with Crippen LogP contribution in [-0.2, 0) is 0 Å². The maximum atomic E-state index is 6.67. The summed E-state index contributed by atoms with van der Waals surface area (Å²) in [5, 5.41) is 1.09. The molecule has 0 atom stereocenters. The van der Waals surface area contributed by atoms with E-state index in [4.69, 9.17) is 15.7 Å². The van der Waals surface area contributed by atoms with Gasteiger partial charge in [-0.3, -0.25) is 4.98 Å². The molecule has 0 bridgehead atoms. The molecule has 2 aromatic carbocycles. The number of aromatic amines is 1. The number of hydrogen-bond acceptors (Lipinski definition) is 3. The Labute approximate surface area is 175 Å². The van der Waals surface area contributed by atoms with Crippen molar-refractivity contribution < 1.29 is 0 Å². The van der Waals surface area contributed by atoms with Crippen molar-refractivity contribution in [3.8, 4) is 0 Å². The Morgan fingerprint density at radius 3 is 2.53 bits per heavy atom. The zero-order valence-electron chi connectivity index (χ0n) is 17.2. The van der Waals surface area contributed by atoms with Gasteiger partial charge in [0.2, 0.25) is 11.9 Å². The van der Waals surface area contributed by atoms with Crippen molar-refractivity contribution in [1.82, 2.24) is 15.0 Å². The third-order valence-electron chi connectivity index (χ3n) is 5.87. The lowest BCUT2D eigenvalue weighted by atomic mass is 9.93. The number of nitrogens with two attached hydrogens (primary N) is 1. The summed E-state index contributed by atoms with van der Waals surface area (Å²) in [6.07, 6.45) is 5.90. The second-order valence-corrected chi connectivity index (χ2v) is 8.01. The Hall–Kier alpha value is -3.41. The smallest absolute Gasteiger partial charge is 0.231 e. The SMILES string of the molecule is Cc1cc(N(C(N)=Nc2nc3ccccc3[nH]2)C2CCCCC2)c2ccccc2n1. The number of nitrogens with one attached hydrogen (secondary N) is 1. The third-order valence-corrected chi connectivity index (χ3v) is 5.87. The van der Waals surface area contributed by atoms with Crippen LogP contribution >= 0.6 is 0 Å². The van der Waals surface area contributed by atoms with Crippen LogP contribution in [0.1, 0.15) is 37.8 Å². The van der Waals surface area contributed by atoms with E-state index in [2.05, 4.69) is 39.1 Å². The van der Waals surface area contributed by atoms with Crippen molar-refractivity contribution >= 4 is 39.5 Å². The Morgan fingerprint density at radius 2 is 1.73 bits per heavy atom. The highest BCUT2D eigenvalue weighted by molar-refractivity contribution is 6.04. The number of para-hydroxylation sites is 3. The Morgan fingerprint density at radius 1 is 1.00 bits per heavy atom. The van der Waals surface area contributed by atoms with Crippen molar-refractivity contribution in [2.45, 2.75) is 45.1 Å². The molecule has 6 heteroatoms. The maximum Gasteiger partial charge on any atom is 0.231 e. The van der Waals surface area contributed by atoms with E-state index in [9.17, 15) is 0 Å². The topological polar surface area (TPSA) is 83.2 Å². The minimum Gasteiger partial charge on any atom is -0.369 e. The van der Waals surface area contributed by atoms with Crippen LogP contribution in [0, 0.1) is 6.92 Å². The summed E-state index contributed by atoms with van der Waals surface area (Å²) >= 11 is 0. The van der Waals surface area contributed by atoms with E-state index in [0.717, 1.165) is 46.2 Å². The summed E-state index contributed by atoms with van der Waals surface area (Å²) in [7, 11) is 0. The number of pyridine rings is 1. The number of hydrogen-bond donors (Lipinski definition) is 2. The highest BCUT2D eigenvalue weighted by Crippen LogP contribution is 2.33. The lowest BCUT2D eigenvalue weighted by Crippen LogP contribution is -2.46. The molecule has 1 saturated carbocycles. The number of anilines is 1. The van der Waals surface area contributed by atoms with Crippen LogP contribution in [0.3, 0.4) is 0 Å². The predicted octanol–water partition coefficient (Wildman–Crippen LogP) is 5.21. The standard InChI is InChI=1S/C24H26N6/c1-16-15-22(18-11-5-6-12-19(18)26-16)30(17-9-3-2-4-10-17)23(25)29-24-27-20-13-7-8-14-21(20)28-24/h5-8,11-15,17H,2-4,9-10H2,1H3,(H3,25,27,28,29). The molecular formula is C24H26N6. The van der Waals surface area contributed by atoms with Gasteiger partial charge in [0.05, 0.1) is 22.2 Å². The van der Waals surface area contributed by atoms with Crippen LogP contribution < -0.4 is 10.6 Å².